The van der Waals surface area contributed by atoms with Crippen LogP contribution in [0.15, 0.2) is 36.9 Å². The first-order valence-electron chi connectivity index (χ1n) is 15.8. The predicted octanol–water partition coefficient (Wildman–Crippen LogP) is 3.61. The molecule has 1 unspecified atom stereocenters. The highest BCUT2D eigenvalue weighted by Gasteiger charge is 2.49. The van der Waals surface area contributed by atoms with Crippen LogP contribution in [-0.2, 0) is 17.8 Å². The van der Waals surface area contributed by atoms with Crippen molar-refractivity contribution in [2.24, 2.45) is 5.92 Å². The minimum atomic E-state index is -0.490. The molecule has 46 heavy (non-hydrogen) atoms. The number of hydrogen-bond donors (Lipinski definition) is 1. The summed E-state index contributed by atoms with van der Waals surface area (Å²) in [4.78, 5) is 31.0. The van der Waals surface area contributed by atoms with Gasteiger partial charge in [-0.15, -0.1) is 6.42 Å². The third-order valence-electron chi connectivity index (χ3n) is 10.1. The molecular weight excluding hydrogens is 585 g/mol. The van der Waals surface area contributed by atoms with Gasteiger partial charge in [0.1, 0.15) is 24.0 Å². The minimum absolute atomic E-state index is 0.0606. The second-order valence-corrected chi connectivity index (χ2v) is 12.7. The Morgan fingerprint density at radius 3 is 2.85 bits per heavy atom. The first kappa shape index (κ1) is 29.8. The number of nitrogens with zero attached hydrogens (tertiary/aromatic N) is 7. The summed E-state index contributed by atoms with van der Waals surface area (Å²) in [6.07, 6.45) is 10.4. The molecule has 3 fully saturated rings. The Balaban J connectivity index is 1.27. The van der Waals surface area contributed by atoms with Crippen molar-refractivity contribution in [2.45, 2.75) is 50.4 Å². The molecule has 236 valence electrons. The number of ether oxygens (including phenoxy) is 1. The van der Waals surface area contributed by atoms with Crippen molar-refractivity contribution < 1.29 is 19.0 Å². The largest absolute Gasteiger partial charge is 0.508 e. The second-order valence-electron chi connectivity index (χ2n) is 12.7. The molecular formula is C35H36FN7O3. The van der Waals surface area contributed by atoms with Crippen LogP contribution in [0.3, 0.4) is 0 Å². The van der Waals surface area contributed by atoms with Crippen LogP contribution in [0.5, 0.6) is 11.8 Å². The number of aromatic hydroxyl groups is 1. The van der Waals surface area contributed by atoms with E-state index in [9.17, 15) is 19.6 Å². The molecule has 7 rings (SSSR count). The molecule has 1 aromatic heterocycles. The van der Waals surface area contributed by atoms with E-state index in [1.807, 2.05) is 4.90 Å². The number of carbonyl (C=O) groups is 1. The number of hydrogen-bond acceptors (Lipinski definition) is 9. The molecule has 4 aliphatic rings. The molecule has 0 aliphatic carbocycles. The lowest BCUT2D eigenvalue weighted by atomic mass is 9.98. The summed E-state index contributed by atoms with van der Waals surface area (Å²) >= 11 is 0. The van der Waals surface area contributed by atoms with Crippen LogP contribution in [0.25, 0.3) is 10.8 Å². The fourth-order valence-electron chi connectivity index (χ4n) is 7.80. The van der Waals surface area contributed by atoms with Crippen LogP contribution in [0.1, 0.15) is 36.1 Å². The summed E-state index contributed by atoms with van der Waals surface area (Å²) in [5.74, 6) is 2.41. The quantitative estimate of drug-likeness (QED) is 0.326. The van der Waals surface area contributed by atoms with E-state index in [1.165, 1.54) is 12.1 Å². The van der Waals surface area contributed by atoms with Crippen molar-refractivity contribution in [3.05, 3.63) is 59.6 Å². The van der Waals surface area contributed by atoms with Gasteiger partial charge in [0.25, 0.3) is 0 Å². The number of nitriles is 1. The summed E-state index contributed by atoms with van der Waals surface area (Å²) in [6.45, 7) is 7.09. The monoisotopic (exact) mass is 621 g/mol. The molecule has 4 aliphatic heterocycles. The zero-order valence-corrected chi connectivity index (χ0v) is 25.8. The number of anilines is 2. The Kier molecular flexibility index (Phi) is 7.66. The van der Waals surface area contributed by atoms with E-state index in [4.69, 9.17) is 21.1 Å². The van der Waals surface area contributed by atoms with Gasteiger partial charge in [-0.3, -0.25) is 4.79 Å². The number of likely N-dealkylation sites (tertiary alicyclic amines) is 1. The third-order valence-corrected chi connectivity index (χ3v) is 10.1. The average molecular weight is 622 g/mol. The number of benzene rings is 2. The molecule has 4 atom stereocenters. The number of rotatable bonds is 6. The molecule has 10 nitrogen and oxygen atoms in total. The number of amides is 1. The molecule has 0 radical (unpaired) electrons. The van der Waals surface area contributed by atoms with Gasteiger partial charge < -0.3 is 29.4 Å². The van der Waals surface area contributed by atoms with Gasteiger partial charge in [0.2, 0.25) is 5.91 Å². The molecule has 3 saturated heterocycles. The van der Waals surface area contributed by atoms with E-state index in [1.54, 1.807) is 18.2 Å². The number of likely N-dealkylation sites (N-methyl/N-ethyl adjacent to an activating group) is 1. The highest BCUT2D eigenvalue weighted by Crippen LogP contribution is 2.41. The van der Waals surface area contributed by atoms with Gasteiger partial charge in [-0.1, -0.05) is 18.6 Å². The smallest absolute Gasteiger partial charge is 0.318 e. The summed E-state index contributed by atoms with van der Waals surface area (Å²) in [5.41, 5.74) is 2.54. The topological polar surface area (TPSA) is 109 Å². The summed E-state index contributed by atoms with van der Waals surface area (Å²) in [5, 5.41) is 21.8. The van der Waals surface area contributed by atoms with Crippen molar-refractivity contribution in [1.29, 1.82) is 5.26 Å². The molecule has 3 aromatic rings. The van der Waals surface area contributed by atoms with Gasteiger partial charge in [-0.25, -0.2) is 4.39 Å². The Hall–Kier alpha value is -4.87. The maximum absolute atomic E-state index is 14.9. The lowest BCUT2D eigenvalue weighted by Crippen LogP contribution is -2.56. The van der Waals surface area contributed by atoms with E-state index < -0.39 is 5.82 Å². The van der Waals surface area contributed by atoms with Crippen molar-refractivity contribution in [1.82, 2.24) is 19.8 Å². The fourth-order valence-corrected chi connectivity index (χ4v) is 7.80. The van der Waals surface area contributed by atoms with E-state index in [2.05, 4.69) is 40.3 Å². The number of aromatic nitrogens is 2. The number of carbonyl (C=O) groups excluding carboxylic acids is 1. The van der Waals surface area contributed by atoms with Gasteiger partial charge >= 0.3 is 6.01 Å². The van der Waals surface area contributed by atoms with Crippen LogP contribution in [-0.4, -0.2) is 88.7 Å². The highest BCUT2D eigenvalue weighted by molar-refractivity contribution is 6.00. The van der Waals surface area contributed by atoms with Crippen molar-refractivity contribution >= 4 is 28.2 Å². The lowest BCUT2D eigenvalue weighted by Gasteiger charge is -2.42. The number of fused-ring (bicyclic) bond motifs is 4. The number of halogens is 1. The first-order valence-corrected chi connectivity index (χ1v) is 15.8. The molecule has 5 heterocycles. The van der Waals surface area contributed by atoms with Gasteiger partial charge in [0.05, 0.1) is 41.9 Å². The van der Waals surface area contributed by atoms with Crippen LogP contribution >= 0.6 is 0 Å². The van der Waals surface area contributed by atoms with Gasteiger partial charge in [0, 0.05) is 48.4 Å². The Morgan fingerprint density at radius 1 is 1.26 bits per heavy atom. The number of terminal acetylenes is 1. The van der Waals surface area contributed by atoms with Crippen LogP contribution in [0.2, 0.25) is 0 Å². The molecule has 0 saturated carbocycles. The Morgan fingerprint density at radius 2 is 2.11 bits per heavy atom. The maximum atomic E-state index is 14.9. The first-order chi connectivity index (χ1) is 22.3. The summed E-state index contributed by atoms with van der Waals surface area (Å²) in [6, 6.07) is 8.72. The summed E-state index contributed by atoms with van der Waals surface area (Å²) < 4.78 is 21.1. The highest BCUT2D eigenvalue weighted by atomic mass is 19.1. The molecule has 1 N–H and O–H groups in total. The third kappa shape index (κ3) is 5.05. The molecule has 2 bridgehead atoms. The lowest BCUT2D eigenvalue weighted by molar-refractivity contribution is -0.129. The standard InChI is InChI=1S/C35H36FN7O3/c1-4-26-28(36)9-8-21-14-25(44)15-30(33(21)26)41-12-10-27-29(18-41)38-35(46-20-23-7-6-11-40(23)3)39-34(27)42-17-24-13-22(16-37)31(19-42)43(24)32(45)5-2/h1,5,8-9,14-15,22-24,31,44H,2,6-7,10-13,17-20H2,3H3/t22?,23-,24+,31+/m0/s1. The maximum Gasteiger partial charge on any atom is 0.318 e. The molecule has 0 spiro atoms. The van der Waals surface area contributed by atoms with E-state index in [0.717, 1.165) is 36.5 Å². The Bertz CT molecular complexity index is 1820. The van der Waals surface area contributed by atoms with Crippen molar-refractivity contribution in [3.63, 3.8) is 0 Å². The van der Waals surface area contributed by atoms with E-state index in [-0.39, 0.29) is 47.3 Å². The van der Waals surface area contributed by atoms with Gasteiger partial charge in [0.15, 0.2) is 0 Å². The second kappa shape index (κ2) is 11.8. The minimum Gasteiger partial charge on any atom is -0.508 e. The van der Waals surface area contributed by atoms with Gasteiger partial charge in [-0.2, -0.15) is 15.2 Å². The fraction of sp³-hybridized carbons (Fsp3) is 0.429. The van der Waals surface area contributed by atoms with Crippen molar-refractivity contribution in [2.75, 3.05) is 49.6 Å². The molecule has 11 heteroatoms. The van der Waals surface area contributed by atoms with Crippen LogP contribution < -0.4 is 14.5 Å². The Labute approximate surface area is 267 Å². The zero-order chi connectivity index (χ0) is 32.1. The number of phenols is 1. The van der Waals surface area contributed by atoms with Crippen LogP contribution in [0.4, 0.5) is 15.9 Å². The van der Waals surface area contributed by atoms with E-state index >= 15 is 0 Å². The summed E-state index contributed by atoms with van der Waals surface area (Å²) in [7, 11) is 2.09. The average Bonchev–Trinajstić information content (AvgIpc) is 3.58. The van der Waals surface area contributed by atoms with E-state index in [0.29, 0.717) is 62.1 Å². The normalized spacial score (nSPS) is 24.0. The zero-order valence-electron chi connectivity index (χ0n) is 25.8. The predicted molar refractivity (Wildman–Crippen MR) is 172 cm³/mol. The van der Waals surface area contributed by atoms with Gasteiger partial charge in [-0.05, 0) is 62.9 Å². The van der Waals surface area contributed by atoms with Crippen molar-refractivity contribution in [3.8, 4) is 30.2 Å². The molecule has 1 amide bonds. The number of piperazine rings is 1. The van der Waals surface area contributed by atoms with Crippen LogP contribution in [0, 0.1) is 35.4 Å². The molecule has 2 aromatic carbocycles. The SMILES string of the molecule is C#Cc1c(F)ccc2cc(O)cc(N3CCc4c(nc(OC[C@@H]5CCCN5C)nc4N4C[C@H]5CC(C#N)[C@@H](C4)N5C(=O)C=C)C3)c12. The number of phenolic OH excluding ortho intramolecular Hbond substituents is 1.